The Kier molecular flexibility index (Phi) is 4.43. The van der Waals surface area contributed by atoms with Crippen LogP contribution in [0.2, 0.25) is 0 Å². The molecule has 4 heterocycles. The van der Waals surface area contributed by atoms with Crippen molar-refractivity contribution in [3.63, 3.8) is 0 Å². The summed E-state index contributed by atoms with van der Waals surface area (Å²) in [5.74, 6) is 0.759. The molecule has 0 amide bonds. The number of aromatic hydroxyl groups is 1. The zero-order chi connectivity index (χ0) is 20.0. The van der Waals surface area contributed by atoms with Gasteiger partial charge in [0.2, 0.25) is 0 Å². The number of piperidine rings is 1. The van der Waals surface area contributed by atoms with E-state index in [0.717, 1.165) is 30.4 Å². The first-order valence-corrected chi connectivity index (χ1v) is 9.87. The van der Waals surface area contributed by atoms with Gasteiger partial charge in [-0.3, -0.25) is 10.1 Å². The Balaban J connectivity index is 1.36. The van der Waals surface area contributed by atoms with E-state index in [9.17, 15) is 9.50 Å². The van der Waals surface area contributed by atoms with Crippen molar-refractivity contribution in [2.45, 2.75) is 43.6 Å². The molecule has 1 aromatic carbocycles. The lowest BCUT2D eigenvalue weighted by molar-refractivity contribution is 0.176. The van der Waals surface area contributed by atoms with Crippen molar-refractivity contribution >= 4 is 5.82 Å². The molecule has 8 heteroatoms. The number of phenolic OH excluding ortho intramolecular Hbond substituents is 1. The molecule has 3 aromatic rings. The molecule has 0 saturated carbocycles. The second-order valence-electron chi connectivity index (χ2n) is 7.88. The Labute approximate surface area is 168 Å². The topological polar surface area (TPSA) is 90.0 Å². The SMILES string of the molecule is CN(c1cnc(-c2ccc(-c3cn[nH]c3)cc2O)cn1)[C@H]1C[C@@H]2CC[C@@H](N2)[C@H]1F. The zero-order valence-corrected chi connectivity index (χ0v) is 16.1. The van der Waals surface area contributed by atoms with Gasteiger partial charge in [-0.25, -0.2) is 9.37 Å². The second-order valence-corrected chi connectivity index (χ2v) is 7.88. The maximum atomic E-state index is 14.8. The smallest absolute Gasteiger partial charge is 0.147 e. The number of aromatic nitrogens is 4. The van der Waals surface area contributed by atoms with Gasteiger partial charge < -0.3 is 15.3 Å². The van der Waals surface area contributed by atoms with Crippen molar-refractivity contribution in [3.8, 4) is 28.1 Å². The van der Waals surface area contributed by atoms with Gasteiger partial charge in [-0.05, 0) is 37.0 Å². The van der Waals surface area contributed by atoms with E-state index in [1.807, 2.05) is 24.1 Å². The third-order valence-corrected chi connectivity index (χ3v) is 6.16. The molecule has 2 aromatic heterocycles. The average Bonchev–Trinajstić information content (AvgIpc) is 3.41. The highest BCUT2D eigenvalue weighted by atomic mass is 19.1. The molecule has 3 N–H and O–H groups in total. The van der Waals surface area contributed by atoms with Crippen LogP contribution in [0.3, 0.4) is 0 Å². The molecule has 2 bridgehead atoms. The monoisotopic (exact) mass is 394 g/mol. The predicted molar refractivity (Wildman–Crippen MR) is 108 cm³/mol. The van der Waals surface area contributed by atoms with Gasteiger partial charge in [0.1, 0.15) is 17.7 Å². The molecule has 150 valence electrons. The van der Waals surface area contributed by atoms with Crippen LogP contribution in [0.4, 0.5) is 10.2 Å². The lowest BCUT2D eigenvalue weighted by Gasteiger charge is -2.38. The van der Waals surface area contributed by atoms with E-state index < -0.39 is 6.17 Å². The van der Waals surface area contributed by atoms with Gasteiger partial charge >= 0.3 is 0 Å². The van der Waals surface area contributed by atoms with Gasteiger partial charge in [0.15, 0.2) is 0 Å². The van der Waals surface area contributed by atoms with E-state index in [1.165, 1.54) is 0 Å². The van der Waals surface area contributed by atoms with Crippen LogP contribution in [0.1, 0.15) is 19.3 Å². The Morgan fingerprint density at radius 3 is 2.76 bits per heavy atom. The molecule has 2 saturated heterocycles. The molecule has 2 aliphatic heterocycles. The normalized spacial score (nSPS) is 25.9. The number of phenols is 1. The van der Waals surface area contributed by atoms with Crippen molar-refractivity contribution in [3.05, 3.63) is 43.0 Å². The summed E-state index contributed by atoms with van der Waals surface area (Å²) in [5, 5.41) is 20.5. The summed E-state index contributed by atoms with van der Waals surface area (Å²) in [5.41, 5.74) is 2.92. The van der Waals surface area contributed by atoms with Gasteiger partial charge in [-0.2, -0.15) is 5.10 Å². The van der Waals surface area contributed by atoms with Crippen molar-refractivity contribution in [2.24, 2.45) is 0 Å². The molecule has 0 aliphatic carbocycles. The molecule has 2 fully saturated rings. The second kappa shape index (κ2) is 7.11. The molecule has 7 nitrogen and oxygen atoms in total. The van der Waals surface area contributed by atoms with Gasteiger partial charge in [0.25, 0.3) is 0 Å². The fourth-order valence-electron chi connectivity index (χ4n) is 4.50. The quantitative estimate of drug-likeness (QED) is 0.630. The van der Waals surface area contributed by atoms with Crippen molar-refractivity contribution in [1.82, 2.24) is 25.5 Å². The lowest BCUT2D eigenvalue weighted by atomic mass is 9.96. The number of H-pyrrole nitrogens is 1. The highest BCUT2D eigenvalue weighted by Gasteiger charge is 2.43. The number of benzene rings is 1. The van der Waals surface area contributed by atoms with E-state index in [2.05, 4.69) is 25.5 Å². The number of rotatable bonds is 4. The molecule has 2 aliphatic rings. The van der Waals surface area contributed by atoms with E-state index >= 15 is 0 Å². The van der Waals surface area contributed by atoms with Crippen LogP contribution in [0.25, 0.3) is 22.4 Å². The summed E-state index contributed by atoms with van der Waals surface area (Å²) in [6.07, 6.45) is 8.53. The number of alkyl halides is 1. The van der Waals surface area contributed by atoms with Crippen LogP contribution >= 0.6 is 0 Å². The number of nitrogens with one attached hydrogen (secondary N) is 2. The number of anilines is 1. The standard InChI is InChI=1S/C21H23FN6O/c1-28(18-7-14-3-5-16(27-14)21(18)22)20-11-23-17(10-24-20)15-4-2-12(6-19(15)29)13-8-25-26-9-13/h2,4,6,8-11,14,16,18,21,27,29H,3,5,7H2,1H3,(H,25,26)/t14-,16+,18-,21+/m0/s1. The molecule has 5 rings (SSSR count). The fraction of sp³-hybridized carbons (Fsp3) is 0.381. The predicted octanol–water partition coefficient (Wildman–Crippen LogP) is 2.91. The highest BCUT2D eigenvalue weighted by Crippen LogP contribution is 2.34. The molecule has 0 radical (unpaired) electrons. The molecular formula is C21H23FN6O. The molecule has 4 atom stereocenters. The van der Waals surface area contributed by atoms with Crippen molar-refractivity contribution in [2.75, 3.05) is 11.9 Å². The van der Waals surface area contributed by atoms with E-state index in [4.69, 9.17) is 0 Å². The summed E-state index contributed by atoms with van der Waals surface area (Å²) >= 11 is 0. The Morgan fingerprint density at radius 2 is 2.03 bits per heavy atom. The Morgan fingerprint density at radius 1 is 1.14 bits per heavy atom. The third kappa shape index (κ3) is 3.23. The summed E-state index contributed by atoms with van der Waals surface area (Å²) in [4.78, 5) is 10.9. The van der Waals surface area contributed by atoms with Gasteiger partial charge in [0.05, 0.1) is 30.3 Å². The number of nitrogens with zero attached hydrogens (tertiary/aromatic N) is 4. The number of fused-ring (bicyclic) bond motifs is 2. The van der Waals surface area contributed by atoms with Gasteiger partial charge in [0, 0.05) is 36.5 Å². The number of hydrogen-bond acceptors (Lipinski definition) is 6. The van der Waals surface area contributed by atoms with Gasteiger partial charge in [-0.15, -0.1) is 0 Å². The maximum absolute atomic E-state index is 14.8. The Bertz CT molecular complexity index is 993. The molecule has 0 spiro atoms. The summed E-state index contributed by atoms with van der Waals surface area (Å²) in [7, 11) is 1.88. The van der Waals surface area contributed by atoms with Crippen LogP contribution in [0.15, 0.2) is 43.0 Å². The van der Waals surface area contributed by atoms with Crippen LogP contribution in [0.5, 0.6) is 5.75 Å². The van der Waals surface area contributed by atoms with Crippen LogP contribution in [-0.4, -0.2) is 56.6 Å². The minimum atomic E-state index is -0.917. The van der Waals surface area contributed by atoms with Crippen LogP contribution in [-0.2, 0) is 0 Å². The van der Waals surface area contributed by atoms with Crippen LogP contribution < -0.4 is 10.2 Å². The first-order chi connectivity index (χ1) is 14.1. The summed E-state index contributed by atoms with van der Waals surface area (Å²) in [6.45, 7) is 0. The highest BCUT2D eigenvalue weighted by molar-refractivity contribution is 5.73. The number of aromatic amines is 1. The first-order valence-electron chi connectivity index (χ1n) is 9.87. The minimum absolute atomic E-state index is 0.0564. The first kappa shape index (κ1) is 18.1. The summed E-state index contributed by atoms with van der Waals surface area (Å²) in [6, 6.07) is 5.53. The fourth-order valence-corrected chi connectivity index (χ4v) is 4.50. The average molecular weight is 394 g/mol. The summed E-state index contributed by atoms with van der Waals surface area (Å²) < 4.78 is 14.8. The minimum Gasteiger partial charge on any atom is -0.507 e. The zero-order valence-electron chi connectivity index (χ0n) is 16.1. The molecule has 29 heavy (non-hydrogen) atoms. The van der Waals surface area contributed by atoms with Gasteiger partial charge in [-0.1, -0.05) is 6.07 Å². The third-order valence-electron chi connectivity index (χ3n) is 6.16. The molecule has 0 unspecified atom stereocenters. The lowest BCUT2D eigenvalue weighted by Crippen LogP contribution is -2.55. The maximum Gasteiger partial charge on any atom is 0.147 e. The molecular weight excluding hydrogens is 371 g/mol. The van der Waals surface area contributed by atoms with Crippen molar-refractivity contribution < 1.29 is 9.50 Å². The van der Waals surface area contributed by atoms with E-state index in [0.29, 0.717) is 23.1 Å². The van der Waals surface area contributed by atoms with Crippen LogP contribution in [0, 0.1) is 0 Å². The Hall–Kier alpha value is -3.00. The van der Waals surface area contributed by atoms with Crippen molar-refractivity contribution in [1.29, 1.82) is 0 Å². The largest absolute Gasteiger partial charge is 0.507 e. The number of halogens is 1. The van der Waals surface area contributed by atoms with E-state index in [1.54, 1.807) is 30.9 Å². The number of hydrogen-bond donors (Lipinski definition) is 3. The van der Waals surface area contributed by atoms with E-state index in [-0.39, 0.29) is 17.8 Å².